The van der Waals surface area contributed by atoms with E-state index in [9.17, 15) is 14.0 Å². The van der Waals surface area contributed by atoms with Crippen LogP contribution < -0.4 is 14.8 Å². The zero-order valence-corrected chi connectivity index (χ0v) is 21.2. The maximum Gasteiger partial charge on any atom is 0.247 e. The topological polar surface area (TPSA) is 67.9 Å². The summed E-state index contributed by atoms with van der Waals surface area (Å²) in [7, 11) is 1.54. The molecule has 190 valence electrons. The molecule has 2 aromatic carbocycles. The van der Waals surface area contributed by atoms with Crippen molar-refractivity contribution in [3.63, 3.8) is 0 Å². The Hall–Kier alpha value is -2.80. The first-order valence-electron chi connectivity index (χ1n) is 12.2. The number of halogens is 2. The van der Waals surface area contributed by atoms with Crippen molar-refractivity contribution in [2.24, 2.45) is 0 Å². The Morgan fingerprint density at radius 1 is 1.11 bits per heavy atom. The quantitative estimate of drug-likeness (QED) is 0.417. The predicted molar refractivity (Wildman–Crippen MR) is 134 cm³/mol. The lowest BCUT2D eigenvalue weighted by molar-refractivity contribution is -0.140. The highest BCUT2D eigenvalue weighted by Gasteiger charge is 2.33. The molecule has 6 nitrogen and oxygen atoms in total. The van der Waals surface area contributed by atoms with Crippen molar-refractivity contribution in [2.75, 3.05) is 19.6 Å². The van der Waals surface area contributed by atoms with Gasteiger partial charge in [-0.1, -0.05) is 44.4 Å². The number of carbonyl (C=O) groups is 2. The first-order chi connectivity index (χ1) is 17.0. The van der Waals surface area contributed by atoms with E-state index in [-0.39, 0.29) is 30.2 Å². The van der Waals surface area contributed by atoms with Crippen LogP contribution in [-0.2, 0) is 16.1 Å². The maximum absolute atomic E-state index is 13.7. The lowest BCUT2D eigenvalue weighted by Gasteiger charge is -2.33. The summed E-state index contributed by atoms with van der Waals surface area (Å²) in [5, 5.41) is 3.15. The minimum Gasteiger partial charge on any atom is -0.493 e. The van der Waals surface area contributed by atoms with Gasteiger partial charge in [0.2, 0.25) is 11.8 Å². The van der Waals surface area contributed by atoms with Crippen LogP contribution in [0.3, 0.4) is 0 Å². The molecule has 0 unspecified atom stereocenters. The molecule has 1 fully saturated rings. The van der Waals surface area contributed by atoms with Crippen LogP contribution >= 0.6 is 11.6 Å². The fourth-order valence-corrected chi connectivity index (χ4v) is 4.53. The van der Waals surface area contributed by atoms with Gasteiger partial charge in [-0.3, -0.25) is 9.59 Å². The molecule has 0 bridgehead atoms. The SMILES string of the molecule is CCCOc1ccc([C@@H](C(=O)NC2CCCCC2)N(Cc2ccc(F)cc2)C(=O)CCl)cc1OC. The third kappa shape index (κ3) is 7.34. The minimum absolute atomic E-state index is 0.0616. The lowest BCUT2D eigenvalue weighted by atomic mass is 9.94. The van der Waals surface area contributed by atoms with Crippen molar-refractivity contribution < 1.29 is 23.5 Å². The Morgan fingerprint density at radius 3 is 2.46 bits per heavy atom. The van der Waals surface area contributed by atoms with Crippen LogP contribution in [0.2, 0.25) is 0 Å². The Bertz CT molecular complexity index is 980. The Labute approximate surface area is 211 Å². The summed E-state index contributed by atoms with van der Waals surface area (Å²) in [4.78, 5) is 28.2. The van der Waals surface area contributed by atoms with E-state index in [2.05, 4.69) is 5.32 Å². The van der Waals surface area contributed by atoms with Gasteiger partial charge in [-0.05, 0) is 54.7 Å². The standard InChI is InChI=1S/C27H34ClFN2O4/c1-3-15-35-23-14-11-20(16-24(23)34-2)26(27(33)30-22-7-5-4-6-8-22)31(25(32)17-28)18-19-9-12-21(29)13-10-19/h9-14,16,22,26H,3-8,15,17-18H2,1-2H3,(H,30,33)/t26-/m0/s1. The van der Waals surface area contributed by atoms with Gasteiger partial charge in [0.05, 0.1) is 13.7 Å². The molecule has 1 saturated carbocycles. The van der Waals surface area contributed by atoms with Crippen molar-refractivity contribution in [2.45, 2.75) is 64.1 Å². The first kappa shape index (κ1) is 26.8. The Morgan fingerprint density at radius 2 is 1.83 bits per heavy atom. The molecule has 2 aromatic rings. The van der Waals surface area contributed by atoms with Gasteiger partial charge in [-0.25, -0.2) is 4.39 Å². The smallest absolute Gasteiger partial charge is 0.247 e. The second-order valence-corrected chi connectivity index (χ2v) is 9.05. The maximum atomic E-state index is 13.7. The predicted octanol–water partition coefficient (Wildman–Crippen LogP) is 5.38. The molecule has 0 saturated heterocycles. The van der Waals surface area contributed by atoms with Crippen LogP contribution in [0.15, 0.2) is 42.5 Å². The van der Waals surface area contributed by atoms with Gasteiger partial charge in [0.1, 0.15) is 17.7 Å². The Balaban J connectivity index is 1.99. The highest BCUT2D eigenvalue weighted by atomic mass is 35.5. The molecule has 8 heteroatoms. The number of hydrogen-bond acceptors (Lipinski definition) is 4. The molecule has 0 spiro atoms. The summed E-state index contributed by atoms with van der Waals surface area (Å²) >= 11 is 5.98. The van der Waals surface area contributed by atoms with E-state index in [1.54, 1.807) is 30.3 Å². The number of hydrogen-bond donors (Lipinski definition) is 1. The van der Waals surface area contributed by atoms with Gasteiger partial charge in [0.15, 0.2) is 11.5 Å². The number of nitrogens with one attached hydrogen (secondary N) is 1. The van der Waals surface area contributed by atoms with E-state index >= 15 is 0 Å². The highest BCUT2D eigenvalue weighted by Crippen LogP contribution is 2.34. The van der Waals surface area contributed by atoms with Crippen LogP contribution in [0.25, 0.3) is 0 Å². The minimum atomic E-state index is -0.942. The van der Waals surface area contributed by atoms with Crippen LogP contribution in [0, 0.1) is 5.82 Å². The molecule has 1 atom stereocenters. The van der Waals surface area contributed by atoms with Crippen molar-refractivity contribution in [3.05, 3.63) is 59.4 Å². The summed E-state index contributed by atoms with van der Waals surface area (Å²) in [6, 6.07) is 10.2. The second kappa shape index (κ2) is 13.3. The van der Waals surface area contributed by atoms with E-state index < -0.39 is 11.9 Å². The molecule has 1 aliphatic rings. The van der Waals surface area contributed by atoms with Crippen LogP contribution in [0.1, 0.15) is 62.6 Å². The number of alkyl halides is 1. The van der Waals surface area contributed by atoms with Crippen LogP contribution in [-0.4, -0.2) is 42.4 Å². The summed E-state index contributed by atoms with van der Waals surface area (Å²) in [6.07, 6.45) is 5.94. The zero-order valence-electron chi connectivity index (χ0n) is 20.4. The van der Waals surface area contributed by atoms with E-state index in [0.29, 0.717) is 29.2 Å². The molecule has 1 N–H and O–H groups in total. The largest absolute Gasteiger partial charge is 0.493 e. The summed E-state index contributed by atoms with van der Waals surface area (Å²) in [6.45, 7) is 2.64. The van der Waals surface area contributed by atoms with Crippen molar-refractivity contribution in [1.29, 1.82) is 0 Å². The Kier molecular flexibility index (Phi) is 10.2. The summed E-state index contributed by atoms with van der Waals surface area (Å²) < 4.78 is 24.8. The van der Waals surface area contributed by atoms with Gasteiger partial charge in [0, 0.05) is 12.6 Å². The highest BCUT2D eigenvalue weighted by molar-refractivity contribution is 6.27. The van der Waals surface area contributed by atoms with Gasteiger partial charge < -0.3 is 19.7 Å². The monoisotopic (exact) mass is 504 g/mol. The molecular weight excluding hydrogens is 471 g/mol. The van der Waals surface area contributed by atoms with Crippen LogP contribution in [0.5, 0.6) is 11.5 Å². The lowest BCUT2D eigenvalue weighted by Crippen LogP contribution is -2.47. The molecule has 1 aliphatic carbocycles. The fourth-order valence-electron chi connectivity index (χ4n) is 4.37. The van der Waals surface area contributed by atoms with Gasteiger partial charge in [-0.2, -0.15) is 0 Å². The molecule has 0 heterocycles. The van der Waals surface area contributed by atoms with Gasteiger partial charge in [-0.15, -0.1) is 11.6 Å². The molecule has 2 amide bonds. The average molecular weight is 505 g/mol. The molecule has 0 radical (unpaired) electrons. The number of ether oxygens (including phenoxy) is 2. The van der Waals surface area contributed by atoms with E-state index in [1.165, 1.54) is 24.1 Å². The fraction of sp³-hybridized carbons (Fsp3) is 0.481. The second-order valence-electron chi connectivity index (χ2n) is 8.79. The van der Waals surface area contributed by atoms with Crippen molar-refractivity contribution >= 4 is 23.4 Å². The van der Waals surface area contributed by atoms with E-state index in [1.807, 2.05) is 6.92 Å². The number of methoxy groups -OCH3 is 1. The third-order valence-electron chi connectivity index (χ3n) is 6.18. The molecular formula is C27H34ClFN2O4. The van der Waals surface area contributed by atoms with Crippen LogP contribution in [0.4, 0.5) is 4.39 Å². The van der Waals surface area contributed by atoms with Crippen molar-refractivity contribution in [1.82, 2.24) is 10.2 Å². The third-order valence-corrected chi connectivity index (χ3v) is 6.41. The van der Waals surface area contributed by atoms with E-state index in [4.69, 9.17) is 21.1 Å². The van der Waals surface area contributed by atoms with Gasteiger partial charge >= 0.3 is 0 Å². The zero-order chi connectivity index (χ0) is 25.2. The number of benzene rings is 2. The summed E-state index contributed by atoms with van der Waals surface area (Å²) in [5.74, 6) is -0.289. The van der Waals surface area contributed by atoms with E-state index in [0.717, 1.165) is 38.5 Å². The molecule has 3 rings (SSSR count). The first-order valence-corrected chi connectivity index (χ1v) is 12.7. The molecule has 0 aromatic heterocycles. The number of nitrogens with zero attached hydrogens (tertiary/aromatic N) is 1. The van der Waals surface area contributed by atoms with Crippen molar-refractivity contribution in [3.8, 4) is 11.5 Å². The number of rotatable bonds is 11. The average Bonchev–Trinajstić information content (AvgIpc) is 2.88. The normalized spacial score (nSPS) is 14.7. The molecule has 0 aliphatic heterocycles. The number of amides is 2. The number of carbonyl (C=O) groups excluding carboxylic acids is 2. The summed E-state index contributed by atoms with van der Waals surface area (Å²) in [5.41, 5.74) is 1.27. The van der Waals surface area contributed by atoms with Gasteiger partial charge in [0.25, 0.3) is 0 Å². The molecule has 35 heavy (non-hydrogen) atoms.